The monoisotopic (exact) mass is 282 g/mol. The number of halogens is 2. The Kier molecular flexibility index (Phi) is 5.49. The van der Waals surface area contributed by atoms with Gasteiger partial charge in [0.15, 0.2) is 0 Å². The van der Waals surface area contributed by atoms with Crippen LogP contribution in [0.15, 0.2) is 24.3 Å². The van der Waals surface area contributed by atoms with Crippen LogP contribution in [-0.4, -0.2) is 24.5 Å². The van der Waals surface area contributed by atoms with Gasteiger partial charge in [0.25, 0.3) is 6.43 Å². The number of rotatable bonds is 7. The maximum atomic E-state index is 12.6. The van der Waals surface area contributed by atoms with E-state index in [-0.39, 0.29) is 11.6 Å². The van der Waals surface area contributed by atoms with Crippen LogP contribution in [0, 0.1) is 5.92 Å². The molecule has 1 fully saturated rings. The molecule has 0 radical (unpaired) electrons. The summed E-state index contributed by atoms with van der Waals surface area (Å²) in [5, 5.41) is 0. The van der Waals surface area contributed by atoms with Crippen molar-refractivity contribution in [1.29, 1.82) is 0 Å². The number of benzene rings is 1. The second-order valence-corrected chi connectivity index (χ2v) is 5.60. The van der Waals surface area contributed by atoms with Crippen LogP contribution in [0.1, 0.15) is 49.8 Å². The number of hydrogen-bond donors (Lipinski definition) is 1. The molecule has 1 aliphatic carbocycles. The highest BCUT2D eigenvalue weighted by Gasteiger charge is 2.25. The fraction of sp³-hybridized carbons (Fsp3) is 0.625. The molecule has 1 saturated carbocycles. The standard InChI is InChI=1S/C16H24F2N2/c1-2-20(11-12-4-3-5-12)15(10-19)13-6-8-14(9-7-13)16(17)18/h6-9,12,15-16H,2-5,10-11,19H2,1H3. The van der Waals surface area contributed by atoms with Gasteiger partial charge >= 0.3 is 0 Å². The molecule has 0 heterocycles. The summed E-state index contributed by atoms with van der Waals surface area (Å²) in [4.78, 5) is 2.38. The summed E-state index contributed by atoms with van der Waals surface area (Å²) in [6.07, 6.45) is 1.53. The molecule has 1 aromatic carbocycles. The van der Waals surface area contributed by atoms with E-state index < -0.39 is 6.43 Å². The van der Waals surface area contributed by atoms with E-state index in [1.807, 2.05) is 0 Å². The third-order valence-corrected chi connectivity index (χ3v) is 4.36. The van der Waals surface area contributed by atoms with Gasteiger partial charge in [-0.05, 0) is 30.9 Å². The van der Waals surface area contributed by atoms with Crippen LogP contribution in [-0.2, 0) is 0 Å². The minimum absolute atomic E-state index is 0.0755. The third-order valence-electron chi connectivity index (χ3n) is 4.36. The first-order chi connectivity index (χ1) is 9.65. The highest BCUT2D eigenvalue weighted by atomic mass is 19.3. The van der Waals surface area contributed by atoms with E-state index in [4.69, 9.17) is 5.73 Å². The molecule has 0 amide bonds. The molecule has 0 saturated heterocycles. The lowest BCUT2D eigenvalue weighted by molar-refractivity contribution is 0.140. The van der Waals surface area contributed by atoms with Gasteiger partial charge in [0.2, 0.25) is 0 Å². The van der Waals surface area contributed by atoms with Gasteiger partial charge in [0.05, 0.1) is 0 Å². The van der Waals surface area contributed by atoms with Crippen molar-refractivity contribution in [1.82, 2.24) is 4.90 Å². The van der Waals surface area contributed by atoms with Crippen LogP contribution in [0.4, 0.5) is 8.78 Å². The molecule has 1 unspecified atom stereocenters. The molecule has 20 heavy (non-hydrogen) atoms. The Labute approximate surface area is 120 Å². The molecular weight excluding hydrogens is 258 g/mol. The summed E-state index contributed by atoms with van der Waals surface area (Å²) < 4.78 is 25.2. The first-order valence-electron chi connectivity index (χ1n) is 7.47. The summed E-state index contributed by atoms with van der Waals surface area (Å²) >= 11 is 0. The number of likely N-dealkylation sites (N-methyl/N-ethyl adjacent to an activating group) is 1. The highest BCUT2D eigenvalue weighted by Crippen LogP contribution is 2.30. The molecule has 1 aromatic rings. The molecule has 2 nitrogen and oxygen atoms in total. The molecule has 0 bridgehead atoms. The average molecular weight is 282 g/mol. The van der Waals surface area contributed by atoms with Crippen LogP contribution in [0.5, 0.6) is 0 Å². The predicted octanol–water partition coefficient (Wildman–Crippen LogP) is 3.75. The van der Waals surface area contributed by atoms with Gasteiger partial charge in [-0.25, -0.2) is 8.78 Å². The maximum Gasteiger partial charge on any atom is 0.263 e. The number of nitrogens with two attached hydrogens (primary N) is 1. The normalized spacial score (nSPS) is 17.5. The molecule has 1 atom stereocenters. The van der Waals surface area contributed by atoms with E-state index in [0.717, 1.165) is 24.6 Å². The lowest BCUT2D eigenvalue weighted by Gasteiger charge is -2.36. The van der Waals surface area contributed by atoms with Crippen molar-refractivity contribution < 1.29 is 8.78 Å². The maximum absolute atomic E-state index is 12.6. The average Bonchev–Trinajstić information content (AvgIpc) is 2.41. The number of nitrogens with zero attached hydrogens (tertiary/aromatic N) is 1. The number of alkyl halides is 2. The SMILES string of the molecule is CCN(CC1CCC1)C(CN)c1ccc(C(F)F)cc1. The topological polar surface area (TPSA) is 29.3 Å². The van der Waals surface area contributed by atoms with Crippen molar-refractivity contribution >= 4 is 0 Å². The van der Waals surface area contributed by atoms with Crippen molar-refractivity contribution in [3.05, 3.63) is 35.4 Å². The Morgan fingerprint density at radius 3 is 2.20 bits per heavy atom. The minimum atomic E-state index is -2.40. The molecule has 0 spiro atoms. The van der Waals surface area contributed by atoms with E-state index in [1.165, 1.54) is 31.4 Å². The van der Waals surface area contributed by atoms with Gasteiger partial charge in [-0.1, -0.05) is 37.6 Å². The van der Waals surface area contributed by atoms with Gasteiger partial charge < -0.3 is 5.73 Å². The van der Waals surface area contributed by atoms with Crippen molar-refractivity contribution in [2.75, 3.05) is 19.6 Å². The smallest absolute Gasteiger partial charge is 0.263 e. The Morgan fingerprint density at radius 2 is 1.80 bits per heavy atom. The summed E-state index contributed by atoms with van der Waals surface area (Å²) in [5.41, 5.74) is 7.04. The largest absolute Gasteiger partial charge is 0.329 e. The number of hydrogen-bond acceptors (Lipinski definition) is 2. The lowest BCUT2D eigenvalue weighted by atomic mass is 9.84. The Bertz CT molecular complexity index is 401. The van der Waals surface area contributed by atoms with Crippen LogP contribution >= 0.6 is 0 Å². The Balaban J connectivity index is 2.08. The molecular formula is C16H24F2N2. The molecule has 0 aliphatic heterocycles. The first-order valence-corrected chi connectivity index (χ1v) is 7.47. The molecule has 1 aliphatic rings. The second-order valence-electron chi connectivity index (χ2n) is 5.60. The Hall–Kier alpha value is -1.00. The summed E-state index contributed by atoms with van der Waals surface area (Å²) in [5.74, 6) is 0.782. The fourth-order valence-electron chi connectivity index (χ4n) is 2.84. The summed E-state index contributed by atoms with van der Waals surface area (Å²) in [6.45, 7) is 4.66. The highest BCUT2D eigenvalue weighted by molar-refractivity contribution is 5.26. The Morgan fingerprint density at radius 1 is 1.20 bits per heavy atom. The van der Waals surface area contributed by atoms with Crippen molar-refractivity contribution in [3.63, 3.8) is 0 Å². The van der Waals surface area contributed by atoms with Crippen LogP contribution < -0.4 is 5.73 Å². The molecule has 0 aromatic heterocycles. The van der Waals surface area contributed by atoms with E-state index in [1.54, 1.807) is 12.1 Å². The van der Waals surface area contributed by atoms with Gasteiger partial charge in [0.1, 0.15) is 0 Å². The summed E-state index contributed by atoms with van der Waals surface area (Å²) in [6, 6.07) is 6.75. The molecule has 2 N–H and O–H groups in total. The lowest BCUT2D eigenvalue weighted by Crippen LogP contribution is -2.38. The zero-order valence-corrected chi connectivity index (χ0v) is 12.1. The van der Waals surface area contributed by atoms with Crippen molar-refractivity contribution in [2.24, 2.45) is 11.7 Å². The van der Waals surface area contributed by atoms with Gasteiger partial charge in [-0.3, -0.25) is 4.90 Å². The van der Waals surface area contributed by atoms with Gasteiger partial charge in [0, 0.05) is 24.7 Å². The van der Waals surface area contributed by atoms with Crippen molar-refractivity contribution in [3.8, 4) is 0 Å². The molecule has 2 rings (SSSR count). The molecule has 4 heteroatoms. The molecule has 112 valence electrons. The zero-order valence-electron chi connectivity index (χ0n) is 12.1. The minimum Gasteiger partial charge on any atom is -0.329 e. The van der Waals surface area contributed by atoms with E-state index in [9.17, 15) is 8.78 Å². The van der Waals surface area contributed by atoms with E-state index >= 15 is 0 Å². The van der Waals surface area contributed by atoms with Crippen molar-refractivity contribution in [2.45, 2.75) is 38.7 Å². The van der Waals surface area contributed by atoms with Gasteiger partial charge in [-0.15, -0.1) is 0 Å². The van der Waals surface area contributed by atoms with E-state index in [0.29, 0.717) is 6.54 Å². The first kappa shape index (κ1) is 15.4. The fourth-order valence-corrected chi connectivity index (χ4v) is 2.84. The van der Waals surface area contributed by atoms with Gasteiger partial charge in [-0.2, -0.15) is 0 Å². The van der Waals surface area contributed by atoms with Crippen LogP contribution in [0.25, 0.3) is 0 Å². The van der Waals surface area contributed by atoms with Crippen LogP contribution in [0.2, 0.25) is 0 Å². The predicted molar refractivity (Wildman–Crippen MR) is 77.8 cm³/mol. The van der Waals surface area contributed by atoms with E-state index in [2.05, 4.69) is 11.8 Å². The van der Waals surface area contributed by atoms with Crippen LogP contribution in [0.3, 0.4) is 0 Å². The zero-order chi connectivity index (χ0) is 14.5. The third kappa shape index (κ3) is 3.55. The summed E-state index contributed by atoms with van der Waals surface area (Å²) in [7, 11) is 0. The second kappa shape index (κ2) is 7.14. The quantitative estimate of drug-likeness (QED) is 0.825.